The van der Waals surface area contributed by atoms with Crippen LogP contribution in [0.4, 0.5) is 0 Å². The highest BCUT2D eigenvalue weighted by atomic mass is 32.2. The fraction of sp³-hybridized carbons (Fsp3) is 0.636. The average molecular weight is 276 g/mol. The van der Waals surface area contributed by atoms with E-state index in [9.17, 15) is 13.5 Å². The Morgan fingerprint density at radius 3 is 2.61 bits per heavy atom. The van der Waals surface area contributed by atoms with E-state index < -0.39 is 15.6 Å². The lowest BCUT2D eigenvalue weighted by atomic mass is 10.0. The van der Waals surface area contributed by atoms with Crippen molar-refractivity contribution in [1.29, 1.82) is 0 Å². The molecule has 0 spiro atoms. The molecule has 0 aliphatic rings. The van der Waals surface area contributed by atoms with Crippen LogP contribution in [-0.4, -0.2) is 32.7 Å². The number of hydrogen-bond donors (Lipinski definition) is 3. The first-order valence-corrected chi connectivity index (χ1v) is 7.23. The molecule has 0 bridgehead atoms. The molecule has 104 valence electrons. The van der Waals surface area contributed by atoms with Gasteiger partial charge in [-0.05, 0) is 32.5 Å². The van der Waals surface area contributed by atoms with Crippen LogP contribution in [0.3, 0.4) is 0 Å². The Bertz CT molecular complexity index is 477. The van der Waals surface area contributed by atoms with Crippen molar-refractivity contribution in [2.45, 2.75) is 37.4 Å². The molecule has 3 N–H and O–H groups in total. The lowest BCUT2D eigenvalue weighted by Crippen LogP contribution is -2.44. The molecule has 1 heterocycles. The number of aliphatic hydroxyl groups is 1. The normalized spacial score (nSPS) is 15.6. The molecule has 7 heteroatoms. The summed E-state index contributed by atoms with van der Waals surface area (Å²) in [6.45, 7) is 4.22. The van der Waals surface area contributed by atoms with E-state index in [2.05, 4.69) is 10.0 Å². The second kappa shape index (κ2) is 5.83. The quantitative estimate of drug-likeness (QED) is 0.672. The lowest BCUT2D eigenvalue weighted by Gasteiger charge is -2.26. The summed E-state index contributed by atoms with van der Waals surface area (Å²) in [6.07, 6.45) is 0.756. The van der Waals surface area contributed by atoms with Gasteiger partial charge in [-0.25, -0.2) is 13.1 Å². The third kappa shape index (κ3) is 3.55. The molecule has 18 heavy (non-hydrogen) atoms. The van der Waals surface area contributed by atoms with Crippen molar-refractivity contribution in [3.05, 3.63) is 17.9 Å². The Morgan fingerprint density at radius 2 is 2.11 bits per heavy atom. The molecule has 0 aromatic carbocycles. The molecule has 1 aromatic rings. The van der Waals surface area contributed by atoms with E-state index in [1.807, 2.05) is 13.8 Å². The summed E-state index contributed by atoms with van der Waals surface area (Å²) in [5.74, 6) is 0.511. The number of hydrogen-bond acceptors (Lipinski definition) is 5. The summed E-state index contributed by atoms with van der Waals surface area (Å²) in [7, 11) is -2.21. The molecule has 0 amide bonds. The van der Waals surface area contributed by atoms with Gasteiger partial charge in [0.15, 0.2) is 0 Å². The molecule has 6 nitrogen and oxygen atoms in total. The fourth-order valence-electron chi connectivity index (χ4n) is 1.29. The average Bonchev–Trinajstić information content (AvgIpc) is 2.85. The van der Waals surface area contributed by atoms with Crippen LogP contribution in [0.15, 0.2) is 21.6 Å². The largest absolute Gasteiger partial charge is 0.447 e. The second-order valence-corrected chi connectivity index (χ2v) is 6.17. The number of furan rings is 1. The minimum absolute atomic E-state index is 0.00583. The van der Waals surface area contributed by atoms with Gasteiger partial charge < -0.3 is 14.8 Å². The Morgan fingerprint density at radius 1 is 1.44 bits per heavy atom. The summed E-state index contributed by atoms with van der Waals surface area (Å²) in [5.41, 5.74) is -0.394. The van der Waals surface area contributed by atoms with Gasteiger partial charge in [-0.15, -0.1) is 0 Å². The maximum absolute atomic E-state index is 11.5. The van der Waals surface area contributed by atoms with Crippen molar-refractivity contribution in [1.82, 2.24) is 10.0 Å². The standard InChI is InChI=1S/C11H20N2O4S/c1-4-11(2,8-14)13-7-9-5-6-10(17-9)18(15,16)12-3/h5-6,12-14H,4,7-8H2,1-3H3. The molecule has 0 saturated carbocycles. The Balaban J connectivity index is 2.71. The van der Waals surface area contributed by atoms with E-state index in [4.69, 9.17) is 4.42 Å². The molecule has 1 aromatic heterocycles. The van der Waals surface area contributed by atoms with Crippen LogP contribution in [0.1, 0.15) is 26.0 Å². The topological polar surface area (TPSA) is 91.6 Å². The molecule has 1 unspecified atom stereocenters. The van der Waals surface area contributed by atoms with Crippen LogP contribution >= 0.6 is 0 Å². The maximum atomic E-state index is 11.5. The zero-order chi connectivity index (χ0) is 13.8. The fourth-order valence-corrected chi connectivity index (χ4v) is 1.96. The molecule has 0 saturated heterocycles. The Labute approximate surface area is 107 Å². The van der Waals surface area contributed by atoms with E-state index in [0.717, 1.165) is 6.42 Å². The zero-order valence-electron chi connectivity index (χ0n) is 10.9. The summed E-state index contributed by atoms with van der Waals surface area (Å²) >= 11 is 0. The van der Waals surface area contributed by atoms with Crippen molar-refractivity contribution in [2.24, 2.45) is 0 Å². The predicted octanol–water partition coefficient (Wildman–Crippen LogP) is 0.438. The monoisotopic (exact) mass is 276 g/mol. The third-order valence-corrected chi connectivity index (χ3v) is 4.28. The number of aliphatic hydroxyl groups excluding tert-OH is 1. The van der Waals surface area contributed by atoms with Gasteiger partial charge in [0.25, 0.3) is 10.0 Å². The van der Waals surface area contributed by atoms with Crippen LogP contribution in [0, 0.1) is 0 Å². The molecule has 0 radical (unpaired) electrons. The molecule has 0 aliphatic carbocycles. The van der Waals surface area contributed by atoms with Crippen LogP contribution in [0.5, 0.6) is 0 Å². The van der Waals surface area contributed by atoms with Crippen LogP contribution in [0.25, 0.3) is 0 Å². The van der Waals surface area contributed by atoms with E-state index in [-0.39, 0.29) is 11.7 Å². The first-order chi connectivity index (χ1) is 8.37. The number of sulfonamides is 1. The zero-order valence-corrected chi connectivity index (χ0v) is 11.7. The summed E-state index contributed by atoms with van der Waals surface area (Å²) in [4.78, 5) is 0. The predicted molar refractivity (Wildman–Crippen MR) is 67.6 cm³/mol. The van der Waals surface area contributed by atoms with E-state index in [0.29, 0.717) is 12.3 Å². The number of rotatable bonds is 7. The minimum atomic E-state index is -3.54. The van der Waals surface area contributed by atoms with Gasteiger partial charge in [-0.2, -0.15) is 0 Å². The maximum Gasteiger partial charge on any atom is 0.273 e. The van der Waals surface area contributed by atoms with Gasteiger partial charge in [0.2, 0.25) is 5.09 Å². The molecular formula is C11H20N2O4S. The first kappa shape index (κ1) is 15.2. The van der Waals surface area contributed by atoms with E-state index in [1.165, 1.54) is 13.1 Å². The van der Waals surface area contributed by atoms with Crippen LogP contribution < -0.4 is 10.0 Å². The molecule has 1 rings (SSSR count). The van der Waals surface area contributed by atoms with Crippen molar-refractivity contribution in [2.75, 3.05) is 13.7 Å². The van der Waals surface area contributed by atoms with Gasteiger partial charge in [-0.1, -0.05) is 6.92 Å². The molecular weight excluding hydrogens is 256 g/mol. The van der Waals surface area contributed by atoms with Crippen LogP contribution in [0.2, 0.25) is 0 Å². The van der Waals surface area contributed by atoms with Gasteiger partial charge in [0, 0.05) is 5.54 Å². The van der Waals surface area contributed by atoms with Gasteiger partial charge >= 0.3 is 0 Å². The number of nitrogens with one attached hydrogen (secondary N) is 2. The van der Waals surface area contributed by atoms with Gasteiger partial charge in [-0.3, -0.25) is 0 Å². The molecule has 0 aliphatic heterocycles. The van der Waals surface area contributed by atoms with Crippen molar-refractivity contribution in [3.8, 4) is 0 Å². The lowest BCUT2D eigenvalue weighted by molar-refractivity contribution is 0.165. The van der Waals surface area contributed by atoms with E-state index >= 15 is 0 Å². The van der Waals surface area contributed by atoms with E-state index in [1.54, 1.807) is 6.07 Å². The smallest absolute Gasteiger partial charge is 0.273 e. The first-order valence-electron chi connectivity index (χ1n) is 5.75. The van der Waals surface area contributed by atoms with Gasteiger partial charge in [0.1, 0.15) is 5.76 Å². The van der Waals surface area contributed by atoms with Crippen LogP contribution in [-0.2, 0) is 16.6 Å². The summed E-state index contributed by atoms with van der Waals surface area (Å²) < 4.78 is 30.3. The van der Waals surface area contributed by atoms with Crippen molar-refractivity contribution < 1.29 is 17.9 Å². The van der Waals surface area contributed by atoms with Crippen molar-refractivity contribution >= 4 is 10.0 Å². The SMILES string of the molecule is CCC(C)(CO)NCc1ccc(S(=O)(=O)NC)o1. The Kier molecular flexibility index (Phi) is 4.92. The highest BCUT2D eigenvalue weighted by molar-refractivity contribution is 7.89. The Hall–Kier alpha value is -0.890. The van der Waals surface area contributed by atoms with Gasteiger partial charge in [0.05, 0.1) is 13.2 Å². The molecule has 0 fully saturated rings. The summed E-state index contributed by atoms with van der Waals surface area (Å²) in [6, 6.07) is 3.01. The third-order valence-electron chi connectivity index (χ3n) is 2.99. The highest BCUT2D eigenvalue weighted by Gasteiger charge is 2.21. The summed E-state index contributed by atoms with van der Waals surface area (Å²) in [5, 5.41) is 12.3. The van der Waals surface area contributed by atoms with Crippen molar-refractivity contribution in [3.63, 3.8) is 0 Å². The minimum Gasteiger partial charge on any atom is -0.447 e. The second-order valence-electron chi connectivity index (χ2n) is 4.35. The highest BCUT2D eigenvalue weighted by Crippen LogP contribution is 2.15. The molecule has 1 atom stereocenters.